The van der Waals surface area contributed by atoms with Gasteiger partial charge in [0.25, 0.3) is 0 Å². The number of benzene rings is 1. The highest BCUT2D eigenvalue weighted by atomic mass is 35.5. The van der Waals surface area contributed by atoms with Crippen molar-refractivity contribution in [1.82, 2.24) is 5.32 Å². The molecule has 1 rings (SSSR count). The van der Waals surface area contributed by atoms with E-state index in [2.05, 4.69) is 5.32 Å². The van der Waals surface area contributed by atoms with Crippen LogP contribution in [0.2, 0.25) is 0 Å². The summed E-state index contributed by atoms with van der Waals surface area (Å²) in [7, 11) is 3.16. The maximum absolute atomic E-state index is 12.2. The average molecular weight is 331 g/mol. The summed E-state index contributed by atoms with van der Waals surface area (Å²) in [4.78, 5) is 12.2. The number of methoxy groups -OCH3 is 2. The minimum absolute atomic E-state index is 0. The minimum Gasteiger partial charge on any atom is -0.493 e. The Labute approximate surface area is 139 Å². The van der Waals surface area contributed by atoms with Crippen molar-refractivity contribution in [1.29, 1.82) is 0 Å². The molecule has 5 nitrogen and oxygen atoms in total. The van der Waals surface area contributed by atoms with Crippen LogP contribution >= 0.6 is 12.4 Å². The molecule has 1 aromatic carbocycles. The molecule has 22 heavy (non-hydrogen) atoms. The fourth-order valence-corrected chi connectivity index (χ4v) is 1.97. The van der Waals surface area contributed by atoms with Gasteiger partial charge in [-0.2, -0.15) is 0 Å². The van der Waals surface area contributed by atoms with Crippen LogP contribution in [0.5, 0.6) is 11.5 Å². The molecular formula is C16H27ClN2O3. The number of amides is 1. The molecule has 0 bridgehead atoms. The molecule has 0 spiro atoms. The summed E-state index contributed by atoms with van der Waals surface area (Å²) in [6.07, 6.45) is 0.280. The second-order valence-electron chi connectivity index (χ2n) is 5.69. The van der Waals surface area contributed by atoms with Crippen LogP contribution in [-0.2, 0) is 11.2 Å². The van der Waals surface area contributed by atoms with Gasteiger partial charge in [0, 0.05) is 6.54 Å². The summed E-state index contributed by atoms with van der Waals surface area (Å²) in [5.41, 5.74) is 6.26. The molecule has 0 saturated carbocycles. The Bertz CT molecular complexity index is 494. The second-order valence-corrected chi connectivity index (χ2v) is 5.69. The van der Waals surface area contributed by atoms with Gasteiger partial charge in [0.2, 0.25) is 5.91 Å². The molecule has 0 fully saturated rings. The lowest BCUT2D eigenvalue weighted by Gasteiger charge is -2.33. The first-order valence-corrected chi connectivity index (χ1v) is 7.08. The van der Waals surface area contributed by atoms with Gasteiger partial charge in [-0.3, -0.25) is 4.79 Å². The summed E-state index contributed by atoms with van der Waals surface area (Å²) in [6.45, 7) is 6.46. The zero-order valence-electron chi connectivity index (χ0n) is 13.9. The number of hydrogen-bond acceptors (Lipinski definition) is 4. The topological polar surface area (TPSA) is 73.6 Å². The van der Waals surface area contributed by atoms with Crippen molar-refractivity contribution < 1.29 is 14.3 Å². The summed E-state index contributed by atoms with van der Waals surface area (Å²) in [5, 5.41) is 3.02. The van der Waals surface area contributed by atoms with Gasteiger partial charge in [0.1, 0.15) is 0 Å². The molecule has 0 heterocycles. The van der Waals surface area contributed by atoms with E-state index in [1.807, 2.05) is 32.9 Å². The fraction of sp³-hybridized carbons (Fsp3) is 0.562. The zero-order valence-corrected chi connectivity index (χ0v) is 14.8. The maximum atomic E-state index is 12.2. The van der Waals surface area contributed by atoms with Crippen molar-refractivity contribution in [2.24, 2.45) is 11.7 Å². The first-order chi connectivity index (χ1) is 9.86. The predicted molar refractivity (Wildman–Crippen MR) is 90.9 cm³/mol. The van der Waals surface area contributed by atoms with E-state index in [-0.39, 0.29) is 30.7 Å². The summed E-state index contributed by atoms with van der Waals surface area (Å²) in [5.74, 6) is 1.48. The van der Waals surface area contributed by atoms with Gasteiger partial charge in [-0.25, -0.2) is 0 Å². The van der Waals surface area contributed by atoms with E-state index in [1.54, 1.807) is 20.3 Å². The number of hydrogen-bond donors (Lipinski definition) is 2. The van der Waals surface area contributed by atoms with Crippen molar-refractivity contribution >= 4 is 18.3 Å². The number of carbonyl (C=O) groups is 1. The molecule has 0 aliphatic heterocycles. The van der Waals surface area contributed by atoms with Crippen molar-refractivity contribution in [2.45, 2.75) is 32.7 Å². The molecule has 0 aliphatic rings. The SMILES string of the molecule is COc1ccc(CC(=O)NC(C)(CN)C(C)C)cc1OC.Cl. The van der Waals surface area contributed by atoms with Gasteiger partial charge in [0.05, 0.1) is 26.2 Å². The molecule has 0 saturated heterocycles. The monoisotopic (exact) mass is 330 g/mol. The van der Waals surface area contributed by atoms with Gasteiger partial charge < -0.3 is 20.5 Å². The number of halogens is 1. The van der Waals surface area contributed by atoms with Crippen molar-refractivity contribution in [3.05, 3.63) is 23.8 Å². The Morgan fingerprint density at radius 3 is 2.32 bits per heavy atom. The van der Waals surface area contributed by atoms with Crippen LogP contribution in [0.15, 0.2) is 18.2 Å². The van der Waals surface area contributed by atoms with Crippen molar-refractivity contribution in [3.63, 3.8) is 0 Å². The van der Waals surface area contributed by atoms with Crippen LogP contribution < -0.4 is 20.5 Å². The molecule has 1 aromatic rings. The van der Waals surface area contributed by atoms with Gasteiger partial charge in [-0.1, -0.05) is 19.9 Å². The van der Waals surface area contributed by atoms with E-state index in [1.165, 1.54) is 0 Å². The molecule has 3 N–H and O–H groups in total. The zero-order chi connectivity index (χ0) is 16.0. The van der Waals surface area contributed by atoms with E-state index < -0.39 is 5.54 Å². The molecule has 1 amide bonds. The van der Waals surface area contributed by atoms with E-state index >= 15 is 0 Å². The normalized spacial score (nSPS) is 13.0. The molecule has 0 aliphatic carbocycles. The molecule has 126 valence electrons. The first kappa shape index (κ1) is 20.5. The first-order valence-electron chi connectivity index (χ1n) is 7.08. The molecule has 0 aromatic heterocycles. The van der Waals surface area contributed by atoms with Gasteiger partial charge >= 0.3 is 0 Å². The number of ether oxygens (including phenoxy) is 2. The van der Waals surface area contributed by atoms with Gasteiger partial charge in [0.15, 0.2) is 11.5 Å². The van der Waals surface area contributed by atoms with E-state index in [9.17, 15) is 4.79 Å². The van der Waals surface area contributed by atoms with Crippen LogP contribution in [0.1, 0.15) is 26.3 Å². The molecule has 6 heteroatoms. The molecule has 1 unspecified atom stereocenters. The largest absolute Gasteiger partial charge is 0.493 e. The third-order valence-corrected chi connectivity index (χ3v) is 3.94. The van der Waals surface area contributed by atoms with E-state index in [0.29, 0.717) is 18.0 Å². The Morgan fingerprint density at radius 2 is 1.86 bits per heavy atom. The lowest BCUT2D eigenvalue weighted by atomic mass is 9.88. The average Bonchev–Trinajstić information content (AvgIpc) is 2.46. The number of carbonyl (C=O) groups excluding carboxylic acids is 1. The Morgan fingerprint density at radius 1 is 1.27 bits per heavy atom. The lowest BCUT2D eigenvalue weighted by Crippen LogP contribution is -2.55. The second kappa shape index (κ2) is 8.86. The minimum atomic E-state index is -0.395. The highest BCUT2D eigenvalue weighted by Crippen LogP contribution is 2.27. The number of nitrogens with one attached hydrogen (secondary N) is 1. The standard InChI is InChI=1S/C16H26N2O3.ClH/c1-11(2)16(3,10-17)18-15(19)9-12-6-7-13(20-4)14(8-12)21-5;/h6-8,11H,9-10,17H2,1-5H3,(H,18,19);1H. The summed E-state index contributed by atoms with van der Waals surface area (Å²) >= 11 is 0. The highest BCUT2D eigenvalue weighted by molar-refractivity contribution is 5.85. The van der Waals surface area contributed by atoms with Crippen LogP contribution in [-0.4, -0.2) is 32.2 Å². The molecule has 0 radical (unpaired) electrons. The van der Waals surface area contributed by atoms with Crippen LogP contribution in [0.25, 0.3) is 0 Å². The third kappa shape index (κ3) is 5.07. The fourth-order valence-electron chi connectivity index (χ4n) is 1.97. The van der Waals surface area contributed by atoms with Crippen LogP contribution in [0, 0.1) is 5.92 Å². The highest BCUT2D eigenvalue weighted by Gasteiger charge is 2.28. The van der Waals surface area contributed by atoms with Crippen LogP contribution in [0.3, 0.4) is 0 Å². The number of nitrogens with two attached hydrogens (primary N) is 1. The quantitative estimate of drug-likeness (QED) is 0.803. The van der Waals surface area contributed by atoms with Gasteiger partial charge in [-0.05, 0) is 30.5 Å². The molecule has 1 atom stereocenters. The molecular weight excluding hydrogens is 304 g/mol. The Kier molecular flexibility index (Phi) is 8.27. The van der Waals surface area contributed by atoms with Crippen LogP contribution in [0.4, 0.5) is 0 Å². The van der Waals surface area contributed by atoms with Crippen molar-refractivity contribution in [2.75, 3.05) is 20.8 Å². The number of rotatable bonds is 7. The van der Waals surface area contributed by atoms with E-state index in [0.717, 1.165) is 5.56 Å². The van der Waals surface area contributed by atoms with Gasteiger partial charge in [-0.15, -0.1) is 12.4 Å². The Hall–Kier alpha value is -1.46. The van der Waals surface area contributed by atoms with E-state index in [4.69, 9.17) is 15.2 Å². The smallest absolute Gasteiger partial charge is 0.224 e. The maximum Gasteiger partial charge on any atom is 0.224 e. The lowest BCUT2D eigenvalue weighted by molar-refractivity contribution is -0.122. The van der Waals surface area contributed by atoms with Crippen molar-refractivity contribution in [3.8, 4) is 11.5 Å². The third-order valence-electron chi connectivity index (χ3n) is 3.94. The Balaban J connectivity index is 0.00000441. The summed E-state index contributed by atoms with van der Waals surface area (Å²) < 4.78 is 10.4. The summed E-state index contributed by atoms with van der Waals surface area (Å²) in [6, 6.07) is 5.47. The predicted octanol–water partition coefficient (Wildman–Crippen LogP) is 2.16.